The maximum Gasteiger partial charge on any atom is 0.573 e. The van der Waals surface area contributed by atoms with Crippen molar-refractivity contribution in [3.05, 3.63) is 41.2 Å². The standard InChI is InChI=1S/C24H32F3N3O2/c1-3-4-11-20-22(18-9-8-10-19(16-18)32-24(25,26)27)21(23(28)31)17(2)30(20)15-14-29-12-6-5-7-13-29/h8-10,16H,3-7,11-15H2,1-2H3,(H2,28,31). The van der Waals surface area contributed by atoms with E-state index in [0.29, 0.717) is 29.7 Å². The average Bonchev–Trinajstić information content (AvgIpc) is 3.02. The van der Waals surface area contributed by atoms with Crippen LogP contribution in [-0.2, 0) is 13.0 Å². The van der Waals surface area contributed by atoms with Crippen LogP contribution in [0.2, 0.25) is 0 Å². The van der Waals surface area contributed by atoms with Gasteiger partial charge in [-0.3, -0.25) is 4.79 Å². The van der Waals surface area contributed by atoms with Crippen molar-refractivity contribution in [3.8, 4) is 16.9 Å². The Morgan fingerprint density at radius 3 is 2.50 bits per heavy atom. The number of hydrogen-bond acceptors (Lipinski definition) is 3. The molecule has 1 fully saturated rings. The van der Waals surface area contributed by atoms with Crippen LogP contribution in [0.4, 0.5) is 13.2 Å². The Morgan fingerprint density at radius 2 is 1.88 bits per heavy atom. The number of primary amides is 1. The monoisotopic (exact) mass is 451 g/mol. The Morgan fingerprint density at radius 1 is 1.16 bits per heavy atom. The quantitative estimate of drug-likeness (QED) is 0.564. The zero-order valence-corrected chi connectivity index (χ0v) is 18.8. The zero-order valence-electron chi connectivity index (χ0n) is 18.8. The van der Waals surface area contributed by atoms with Gasteiger partial charge in [-0.2, -0.15) is 0 Å². The summed E-state index contributed by atoms with van der Waals surface area (Å²) in [6.45, 7) is 7.66. The maximum atomic E-state index is 12.8. The number of ether oxygens (including phenoxy) is 1. The lowest BCUT2D eigenvalue weighted by atomic mass is 9.97. The van der Waals surface area contributed by atoms with Crippen molar-refractivity contribution in [2.45, 2.75) is 65.3 Å². The molecule has 0 unspecified atom stereocenters. The van der Waals surface area contributed by atoms with Crippen molar-refractivity contribution in [1.29, 1.82) is 0 Å². The van der Waals surface area contributed by atoms with Crippen LogP contribution in [0.3, 0.4) is 0 Å². The van der Waals surface area contributed by atoms with Crippen LogP contribution in [0.25, 0.3) is 11.1 Å². The molecule has 0 spiro atoms. The molecule has 8 heteroatoms. The Balaban J connectivity index is 2.05. The van der Waals surface area contributed by atoms with Crippen molar-refractivity contribution in [3.63, 3.8) is 0 Å². The van der Waals surface area contributed by atoms with Gasteiger partial charge in [-0.15, -0.1) is 13.2 Å². The first-order valence-electron chi connectivity index (χ1n) is 11.3. The minimum atomic E-state index is -4.79. The lowest BCUT2D eigenvalue weighted by Gasteiger charge is -2.27. The highest BCUT2D eigenvalue weighted by molar-refractivity contribution is 6.02. The molecule has 1 aliphatic heterocycles. The summed E-state index contributed by atoms with van der Waals surface area (Å²) in [5.74, 6) is -0.889. The Kier molecular flexibility index (Phi) is 7.87. The summed E-state index contributed by atoms with van der Waals surface area (Å²) in [7, 11) is 0. The summed E-state index contributed by atoms with van der Waals surface area (Å²) in [6.07, 6.45) is 1.42. The number of piperidine rings is 1. The summed E-state index contributed by atoms with van der Waals surface area (Å²) in [5.41, 5.74) is 8.97. The highest BCUT2D eigenvalue weighted by Crippen LogP contribution is 2.36. The summed E-state index contributed by atoms with van der Waals surface area (Å²) in [4.78, 5) is 14.9. The van der Waals surface area contributed by atoms with Crippen LogP contribution < -0.4 is 10.5 Å². The van der Waals surface area contributed by atoms with E-state index in [2.05, 4.69) is 21.1 Å². The van der Waals surface area contributed by atoms with Gasteiger partial charge in [0.25, 0.3) is 5.91 Å². The number of amides is 1. The summed E-state index contributed by atoms with van der Waals surface area (Å²) >= 11 is 0. The number of carbonyl (C=O) groups is 1. The van der Waals surface area contributed by atoms with Crippen molar-refractivity contribution in [2.75, 3.05) is 19.6 Å². The molecule has 32 heavy (non-hydrogen) atoms. The van der Waals surface area contributed by atoms with Crippen LogP contribution in [-0.4, -0.2) is 41.4 Å². The van der Waals surface area contributed by atoms with E-state index in [1.807, 2.05) is 6.92 Å². The van der Waals surface area contributed by atoms with Crippen molar-refractivity contribution in [1.82, 2.24) is 9.47 Å². The first-order valence-corrected chi connectivity index (χ1v) is 11.3. The molecule has 2 aromatic rings. The molecular weight excluding hydrogens is 419 g/mol. The second kappa shape index (κ2) is 10.4. The van der Waals surface area contributed by atoms with Crippen molar-refractivity contribution < 1.29 is 22.7 Å². The Hall–Kier alpha value is -2.48. The number of halogens is 3. The molecule has 1 aromatic carbocycles. The lowest BCUT2D eigenvalue weighted by molar-refractivity contribution is -0.274. The SMILES string of the molecule is CCCCc1c(-c2cccc(OC(F)(F)F)c2)c(C(N)=O)c(C)n1CCN1CCCCC1. The average molecular weight is 452 g/mol. The molecule has 1 saturated heterocycles. The zero-order chi connectivity index (χ0) is 23.3. The topological polar surface area (TPSA) is 60.5 Å². The van der Waals surface area contributed by atoms with Gasteiger partial charge in [-0.05, 0) is 63.4 Å². The van der Waals surface area contributed by atoms with Gasteiger partial charge in [0.2, 0.25) is 0 Å². The molecule has 2 N–H and O–H groups in total. The summed E-state index contributed by atoms with van der Waals surface area (Å²) < 4.78 is 44.6. The molecule has 0 atom stereocenters. The molecule has 0 saturated carbocycles. The molecule has 5 nitrogen and oxygen atoms in total. The number of aromatic nitrogens is 1. The van der Waals surface area contributed by atoms with E-state index in [9.17, 15) is 18.0 Å². The minimum absolute atomic E-state index is 0.314. The number of carbonyl (C=O) groups excluding carboxylic acids is 1. The van der Waals surface area contributed by atoms with Crippen LogP contribution >= 0.6 is 0 Å². The van der Waals surface area contributed by atoms with Crippen LogP contribution in [0.5, 0.6) is 5.75 Å². The third-order valence-electron chi connectivity index (χ3n) is 6.09. The summed E-state index contributed by atoms with van der Waals surface area (Å²) in [5, 5.41) is 0. The minimum Gasteiger partial charge on any atom is -0.406 e. The molecule has 3 rings (SSSR count). The molecule has 2 heterocycles. The number of benzene rings is 1. The number of unbranched alkanes of at least 4 members (excludes halogenated alkanes) is 1. The van der Waals surface area contributed by atoms with Crippen molar-refractivity contribution in [2.24, 2.45) is 5.73 Å². The van der Waals surface area contributed by atoms with E-state index in [0.717, 1.165) is 43.9 Å². The predicted molar refractivity (Wildman–Crippen MR) is 119 cm³/mol. The smallest absolute Gasteiger partial charge is 0.406 e. The van der Waals surface area contributed by atoms with E-state index in [1.54, 1.807) is 6.07 Å². The third-order valence-corrected chi connectivity index (χ3v) is 6.09. The van der Waals surface area contributed by atoms with Gasteiger partial charge in [-0.1, -0.05) is 31.9 Å². The van der Waals surface area contributed by atoms with E-state index < -0.39 is 12.3 Å². The number of hydrogen-bond donors (Lipinski definition) is 1. The second-order valence-corrected chi connectivity index (χ2v) is 8.38. The predicted octanol–water partition coefficient (Wildman–Crippen LogP) is 5.29. The van der Waals surface area contributed by atoms with E-state index in [4.69, 9.17) is 5.73 Å². The van der Waals surface area contributed by atoms with Crippen molar-refractivity contribution >= 4 is 5.91 Å². The fourth-order valence-corrected chi connectivity index (χ4v) is 4.59. The summed E-state index contributed by atoms with van der Waals surface area (Å²) in [6, 6.07) is 5.80. The van der Waals surface area contributed by atoms with Gasteiger partial charge >= 0.3 is 6.36 Å². The number of nitrogens with two attached hydrogens (primary N) is 1. The lowest BCUT2D eigenvalue weighted by Crippen LogP contribution is -2.33. The molecule has 0 aliphatic carbocycles. The fourth-order valence-electron chi connectivity index (χ4n) is 4.59. The number of likely N-dealkylation sites (tertiary alicyclic amines) is 1. The molecule has 0 radical (unpaired) electrons. The van der Waals surface area contributed by atoms with E-state index in [-0.39, 0.29) is 5.75 Å². The van der Waals surface area contributed by atoms with Gasteiger partial charge in [0.1, 0.15) is 5.75 Å². The number of alkyl halides is 3. The Bertz CT molecular complexity index is 931. The van der Waals surface area contributed by atoms with Gasteiger partial charge in [0, 0.05) is 30.0 Å². The van der Waals surface area contributed by atoms with E-state index >= 15 is 0 Å². The highest BCUT2D eigenvalue weighted by atomic mass is 19.4. The van der Waals surface area contributed by atoms with Gasteiger partial charge in [0.15, 0.2) is 0 Å². The van der Waals surface area contributed by atoms with E-state index in [1.165, 1.54) is 37.5 Å². The molecule has 0 bridgehead atoms. The number of nitrogens with zero attached hydrogens (tertiary/aromatic N) is 2. The first-order chi connectivity index (χ1) is 15.2. The molecule has 1 aromatic heterocycles. The second-order valence-electron chi connectivity index (χ2n) is 8.38. The molecule has 176 valence electrons. The van der Waals surface area contributed by atoms with Crippen LogP contribution in [0.1, 0.15) is 60.8 Å². The van der Waals surface area contributed by atoms with Gasteiger partial charge in [-0.25, -0.2) is 0 Å². The highest BCUT2D eigenvalue weighted by Gasteiger charge is 2.31. The molecular formula is C24H32F3N3O2. The third kappa shape index (κ3) is 5.85. The maximum absolute atomic E-state index is 12.8. The largest absolute Gasteiger partial charge is 0.573 e. The van der Waals surface area contributed by atoms with Gasteiger partial charge in [0.05, 0.1) is 5.56 Å². The Labute approximate surface area is 187 Å². The van der Waals surface area contributed by atoms with Crippen LogP contribution in [0.15, 0.2) is 24.3 Å². The molecule has 1 amide bonds. The van der Waals surface area contributed by atoms with Crippen LogP contribution in [0, 0.1) is 6.92 Å². The number of rotatable bonds is 9. The normalized spacial score (nSPS) is 15.2. The first kappa shape index (κ1) is 24.2. The fraction of sp³-hybridized carbons (Fsp3) is 0.542. The van der Waals surface area contributed by atoms with Gasteiger partial charge < -0.3 is 19.9 Å². The molecule has 1 aliphatic rings.